The molecule has 3 heterocycles. The van der Waals surface area contributed by atoms with Gasteiger partial charge in [-0.1, -0.05) is 13.8 Å². The van der Waals surface area contributed by atoms with Gasteiger partial charge in [-0.25, -0.2) is 4.98 Å². The van der Waals surface area contributed by atoms with E-state index in [1.807, 2.05) is 6.20 Å². The lowest BCUT2D eigenvalue weighted by Crippen LogP contribution is -2.31. The van der Waals surface area contributed by atoms with Crippen LogP contribution in [0.25, 0.3) is 0 Å². The van der Waals surface area contributed by atoms with Crippen LogP contribution in [0.1, 0.15) is 54.6 Å². The van der Waals surface area contributed by atoms with E-state index in [0.717, 1.165) is 31.0 Å². The number of imidazole rings is 1. The lowest BCUT2D eigenvalue weighted by Gasteiger charge is -2.09. The first kappa shape index (κ1) is 15.7. The van der Waals surface area contributed by atoms with E-state index in [9.17, 15) is 4.79 Å². The van der Waals surface area contributed by atoms with Crippen LogP contribution in [0.5, 0.6) is 0 Å². The van der Waals surface area contributed by atoms with Gasteiger partial charge >= 0.3 is 0 Å². The lowest BCUT2D eigenvalue weighted by molar-refractivity contribution is 0.0853. The van der Waals surface area contributed by atoms with Crippen molar-refractivity contribution < 1.29 is 9.53 Å². The Bertz CT molecular complexity index is 655. The Balaban J connectivity index is 1.58. The minimum Gasteiger partial charge on any atom is -0.376 e. The van der Waals surface area contributed by atoms with Gasteiger partial charge in [0.05, 0.1) is 18.3 Å². The number of ether oxygens (including phenoxy) is 1. The molecule has 2 N–H and O–H groups in total. The van der Waals surface area contributed by atoms with Crippen LogP contribution in [0.2, 0.25) is 0 Å². The van der Waals surface area contributed by atoms with Gasteiger partial charge in [-0.05, 0) is 18.9 Å². The molecule has 7 nitrogen and oxygen atoms in total. The van der Waals surface area contributed by atoms with E-state index in [-0.39, 0.29) is 12.0 Å². The van der Waals surface area contributed by atoms with Crippen LogP contribution in [0.3, 0.4) is 0 Å². The Morgan fingerprint density at radius 2 is 2.43 bits per heavy atom. The van der Waals surface area contributed by atoms with Crippen LogP contribution in [0.4, 0.5) is 0 Å². The highest BCUT2D eigenvalue weighted by Crippen LogP contribution is 2.14. The molecule has 0 radical (unpaired) electrons. The summed E-state index contributed by atoms with van der Waals surface area (Å²) in [4.78, 5) is 16.5. The van der Waals surface area contributed by atoms with Gasteiger partial charge in [-0.15, -0.1) is 0 Å². The molecule has 0 unspecified atom stereocenters. The van der Waals surface area contributed by atoms with Crippen molar-refractivity contribution in [3.05, 3.63) is 35.7 Å². The predicted octanol–water partition coefficient (Wildman–Crippen LogP) is 1.69. The van der Waals surface area contributed by atoms with Crippen LogP contribution in [0, 0.1) is 0 Å². The minimum absolute atomic E-state index is 0.136. The van der Waals surface area contributed by atoms with Gasteiger partial charge in [0.2, 0.25) is 0 Å². The fourth-order valence-electron chi connectivity index (χ4n) is 2.80. The molecule has 1 aliphatic rings. The van der Waals surface area contributed by atoms with Gasteiger partial charge in [-0.3, -0.25) is 9.89 Å². The zero-order valence-electron chi connectivity index (χ0n) is 13.6. The van der Waals surface area contributed by atoms with E-state index >= 15 is 0 Å². The zero-order valence-corrected chi connectivity index (χ0v) is 13.6. The third-order valence-corrected chi connectivity index (χ3v) is 3.98. The number of carbonyl (C=O) groups is 1. The Kier molecular flexibility index (Phi) is 4.76. The lowest BCUT2D eigenvalue weighted by atomic mass is 10.2. The summed E-state index contributed by atoms with van der Waals surface area (Å²) in [5.74, 6) is 1.20. The second-order valence-electron chi connectivity index (χ2n) is 6.19. The van der Waals surface area contributed by atoms with Crippen molar-refractivity contribution in [3.63, 3.8) is 0 Å². The summed E-state index contributed by atoms with van der Waals surface area (Å²) in [7, 11) is 0. The molecule has 1 amide bonds. The molecule has 124 valence electrons. The predicted molar refractivity (Wildman–Crippen MR) is 85.3 cm³/mol. The molecule has 23 heavy (non-hydrogen) atoms. The monoisotopic (exact) mass is 317 g/mol. The smallest absolute Gasteiger partial charge is 0.271 e. The van der Waals surface area contributed by atoms with Crippen molar-refractivity contribution in [1.82, 2.24) is 25.1 Å². The van der Waals surface area contributed by atoms with E-state index in [2.05, 4.69) is 38.9 Å². The summed E-state index contributed by atoms with van der Waals surface area (Å²) in [6.07, 6.45) is 5.94. The third-order valence-electron chi connectivity index (χ3n) is 3.98. The van der Waals surface area contributed by atoms with Crippen molar-refractivity contribution in [1.29, 1.82) is 0 Å². The molecule has 0 aliphatic carbocycles. The highest BCUT2D eigenvalue weighted by atomic mass is 16.5. The van der Waals surface area contributed by atoms with E-state index in [1.165, 1.54) is 0 Å². The Morgan fingerprint density at radius 1 is 1.57 bits per heavy atom. The van der Waals surface area contributed by atoms with Gasteiger partial charge in [0, 0.05) is 31.5 Å². The summed E-state index contributed by atoms with van der Waals surface area (Å²) < 4.78 is 7.56. The number of rotatable bonds is 6. The Morgan fingerprint density at radius 3 is 3.17 bits per heavy atom. The molecule has 2 aromatic heterocycles. The summed E-state index contributed by atoms with van der Waals surface area (Å²) in [6, 6.07) is 1.79. The van der Waals surface area contributed by atoms with E-state index in [0.29, 0.717) is 24.7 Å². The van der Waals surface area contributed by atoms with Gasteiger partial charge in [0.15, 0.2) is 0 Å². The summed E-state index contributed by atoms with van der Waals surface area (Å²) in [5, 5.41) is 9.91. The van der Waals surface area contributed by atoms with Crippen LogP contribution in [0.15, 0.2) is 18.5 Å². The van der Waals surface area contributed by atoms with Gasteiger partial charge in [-0.2, -0.15) is 5.10 Å². The number of aromatic amines is 1. The molecule has 1 aliphatic heterocycles. The summed E-state index contributed by atoms with van der Waals surface area (Å²) in [6.45, 7) is 6.17. The molecule has 1 atom stereocenters. The van der Waals surface area contributed by atoms with Crippen LogP contribution < -0.4 is 5.32 Å². The maximum Gasteiger partial charge on any atom is 0.271 e. The molecular weight excluding hydrogens is 294 g/mol. The topological polar surface area (TPSA) is 84.8 Å². The second-order valence-corrected chi connectivity index (χ2v) is 6.19. The molecule has 7 heteroatoms. The van der Waals surface area contributed by atoms with E-state index in [4.69, 9.17) is 4.74 Å². The molecule has 1 saturated heterocycles. The van der Waals surface area contributed by atoms with Crippen molar-refractivity contribution in [2.24, 2.45) is 0 Å². The number of amides is 1. The number of hydrogen-bond donors (Lipinski definition) is 2. The first-order valence-corrected chi connectivity index (χ1v) is 8.08. The van der Waals surface area contributed by atoms with Gasteiger partial charge in [0.25, 0.3) is 5.91 Å². The number of nitrogens with one attached hydrogen (secondary N) is 2. The Hall–Kier alpha value is -2.15. The standard InChI is InChI=1S/C16H23N5O2/c1-11(2)15-17-5-6-21(15)10-12-8-14(20-19-12)16(22)18-9-13-4-3-7-23-13/h5-6,8,11,13H,3-4,7,9-10H2,1-2H3,(H,18,22)(H,19,20)/t13-/m0/s1. The fourth-order valence-corrected chi connectivity index (χ4v) is 2.80. The van der Waals surface area contributed by atoms with Gasteiger partial charge < -0.3 is 14.6 Å². The minimum atomic E-state index is -0.169. The molecule has 0 saturated carbocycles. The van der Waals surface area contributed by atoms with Crippen molar-refractivity contribution >= 4 is 5.91 Å². The SMILES string of the molecule is CC(C)c1nccn1Cc1cc(C(=O)NC[C@@H]2CCCO2)n[nH]1. The number of nitrogens with zero attached hydrogens (tertiary/aromatic N) is 3. The highest BCUT2D eigenvalue weighted by Gasteiger charge is 2.18. The molecular formula is C16H23N5O2. The van der Waals surface area contributed by atoms with Crippen LogP contribution in [-0.2, 0) is 11.3 Å². The quantitative estimate of drug-likeness (QED) is 0.849. The molecule has 0 aromatic carbocycles. The van der Waals surface area contributed by atoms with Crippen LogP contribution >= 0.6 is 0 Å². The fraction of sp³-hybridized carbons (Fsp3) is 0.562. The molecule has 0 bridgehead atoms. The van der Waals surface area contributed by atoms with E-state index < -0.39 is 0 Å². The largest absolute Gasteiger partial charge is 0.376 e. The number of hydrogen-bond acceptors (Lipinski definition) is 4. The molecule has 3 rings (SSSR count). The van der Waals surface area contributed by atoms with Crippen LogP contribution in [-0.4, -0.2) is 44.9 Å². The average Bonchev–Trinajstić information content (AvgIpc) is 3.26. The normalized spacial score (nSPS) is 17.8. The zero-order chi connectivity index (χ0) is 16.2. The number of carbonyl (C=O) groups excluding carboxylic acids is 1. The maximum absolute atomic E-state index is 12.1. The maximum atomic E-state index is 12.1. The highest BCUT2D eigenvalue weighted by molar-refractivity contribution is 5.92. The average molecular weight is 317 g/mol. The summed E-state index contributed by atoms with van der Waals surface area (Å²) in [5.41, 5.74) is 1.29. The Labute approximate surface area is 135 Å². The van der Waals surface area contributed by atoms with Crippen molar-refractivity contribution in [3.8, 4) is 0 Å². The van der Waals surface area contributed by atoms with Crippen molar-refractivity contribution in [2.45, 2.75) is 45.3 Å². The second kappa shape index (κ2) is 6.95. The summed E-state index contributed by atoms with van der Waals surface area (Å²) >= 11 is 0. The first-order chi connectivity index (χ1) is 11.1. The van der Waals surface area contributed by atoms with E-state index in [1.54, 1.807) is 12.3 Å². The third kappa shape index (κ3) is 3.79. The van der Waals surface area contributed by atoms with Gasteiger partial charge in [0.1, 0.15) is 11.5 Å². The first-order valence-electron chi connectivity index (χ1n) is 8.08. The molecule has 1 fully saturated rings. The number of aromatic nitrogens is 4. The molecule has 2 aromatic rings. The van der Waals surface area contributed by atoms with Crippen molar-refractivity contribution in [2.75, 3.05) is 13.2 Å². The number of H-pyrrole nitrogens is 1. The molecule has 0 spiro atoms.